The maximum Gasteiger partial charge on any atom is 0.164 e. The second kappa shape index (κ2) is 5.11. The fourth-order valence-electron chi connectivity index (χ4n) is 1.02. The van der Waals surface area contributed by atoms with Crippen LogP contribution in [0, 0.1) is 0 Å². The van der Waals surface area contributed by atoms with E-state index in [0.29, 0.717) is 23.5 Å². The van der Waals surface area contributed by atoms with E-state index in [2.05, 4.69) is 0 Å². The lowest BCUT2D eigenvalue weighted by Gasteiger charge is -2.09. The minimum atomic E-state index is 0.0166. The first-order chi connectivity index (χ1) is 6.81. The van der Waals surface area contributed by atoms with Gasteiger partial charge in [-0.15, -0.1) is 0 Å². The van der Waals surface area contributed by atoms with Gasteiger partial charge in [0.1, 0.15) is 12.4 Å². The van der Waals surface area contributed by atoms with Crippen molar-refractivity contribution in [3.8, 4) is 17.2 Å². The van der Waals surface area contributed by atoms with Crippen LogP contribution in [0.4, 0.5) is 0 Å². The molecule has 0 unspecified atom stereocenters. The molecule has 0 heterocycles. The Bertz CT molecular complexity index is 309. The van der Waals surface area contributed by atoms with Gasteiger partial charge >= 0.3 is 0 Å². The SMILES string of the molecule is COc1ccc(OCC=O)c(OC)c1. The fraction of sp³-hybridized carbons (Fsp3) is 0.300. The molecule has 0 bridgehead atoms. The van der Waals surface area contributed by atoms with Gasteiger partial charge in [-0.3, -0.25) is 4.79 Å². The van der Waals surface area contributed by atoms with Gasteiger partial charge in [-0.05, 0) is 12.1 Å². The molecule has 4 nitrogen and oxygen atoms in total. The van der Waals surface area contributed by atoms with Crippen molar-refractivity contribution in [2.24, 2.45) is 0 Å². The third-order valence-electron chi connectivity index (χ3n) is 1.68. The highest BCUT2D eigenvalue weighted by Gasteiger charge is 2.05. The van der Waals surface area contributed by atoms with E-state index in [1.54, 1.807) is 25.3 Å². The van der Waals surface area contributed by atoms with Crippen LogP contribution in [0.15, 0.2) is 18.2 Å². The molecule has 4 heteroatoms. The molecule has 0 amide bonds. The zero-order chi connectivity index (χ0) is 10.4. The van der Waals surface area contributed by atoms with Crippen LogP contribution in [-0.2, 0) is 4.79 Å². The molecule has 0 radical (unpaired) electrons. The lowest BCUT2D eigenvalue weighted by atomic mass is 10.3. The predicted octanol–water partition coefficient (Wildman–Crippen LogP) is 1.28. The van der Waals surface area contributed by atoms with Crippen molar-refractivity contribution in [2.45, 2.75) is 0 Å². The summed E-state index contributed by atoms with van der Waals surface area (Å²) in [5.41, 5.74) is 0. The third-order valence-corrected chi connectivity index (χ3v) is 1.68. The summed E-state index contributed by atoms with van der Waals surface area (Å²) < 4.78 is 15.2. The van der Waals surface area contributed by atoms with Crippen LogP contribution in [0.2, 0.25) is 0 Å². The van der Waals surface area contributed by atoms with Gasteiger partial charge < -0.3 is 14.2 Å². The predicted molar refractivity (Wildman–Crippen MR) is 51.1 cm³/mol. The molecule has 1 rings (SSSR count). The highest BCUT2D eigenvalue weighted by atomic mass is 16.5. The first kappa shape index (κ1) is 10.4. The van der Waals surface area contributed by atoms with Crippen LogP contribution < -0.4 is 14.2 Å². The summed E-state index contributed by atoms with van der Waals surface area (Å²) in [6, 6.07) is 5.13. The molecule has 0 atom stereocenters. The number of ether oxygens (including phenoxy) is 3. The van der Waals surface area contributed by atoms with Gasteiger partial charge in [0.25, 0.3) is 0 Å². The fourth-order valence-corrected chi connectivity index (χ4v) is 1.02. The molecule has 0 spiro atoms. The summed E-state index contributed by atoms with van der Waals surface area (Å²) in [6.45, 7) is 0.0166. The highest BCUT2D eigenvalue weighted by molar-refractivity contribution is 5.53. The van der Waals surface area contributed by atoms with Gasteiger partial charge in [0, 0.05) is 6.07 Å². The number of carbonyl (C=O) groups excluding carboxylic acids is 1. The van der Waals surface area contributed by atoms with E-state index in [1.807, 2.05) is 0 Å². The summed E-state index contributed by atoms with van der Waals surface area (Å²) in [6.07, 6.45) is 0.684. The number of methoxy groups -OCH3 is 2. The van der Waals surface area contributed by atoms with Crippen LogP contribution in [0.1, 0.15) is 0 Å². The van der Waals surface area contributed by atoms with Crippen LogP contribution in [0.5, 0.6) is 17.2 Å². The van der Waals surface area contributed by atoms with Crippen LogP contribution in [-0.4, -0.2) is 27.1 Å². The average molecular weight is 196 g/mol. The summed E-state index contributed by atoms with van der Waals surface area (Å²) in [4.78, 5) is 10.1. The number of hydrogen-bond donors (Lipinski definition) is 0. The van der Waals surface area contributed by atoms with E-state index in [9.17, 15) is 4.79 Å². The number of hydrogen-bond acceptors (Lipinski definition) is 4. The van der Waals surface area contributed by atoms with Gasteiger partial charge in [-0.25, -0.2) is 0 Å². The molecule has 0 saturated carbocycles. The first-order valence-corrected chi connectivity index (χ1v) is 4.10. The molecule has 76 valence electrons. The average Bonchev–Trinajstić information content (AvgIpc) is 2.26. The van der Waals surface area contributed by atoms with Crippen molar-refractivity contribution in [1.29, 1.82) is 0 Å². The Morgan fingerprint density at radius 3 is 2.57 bits per heavy atom. The molecule has 0 fully saturated rings. The summed E-state index contributed by atoms with van der Waals surface area (Å²) in [5.74, 6) is 1.76. The second-order valence-corrected chi connectivity index (χ2v) is 2.49. The zero-order valence-electron chi connectivity index (χ0n) is 8.15. The van der Waals surface area contributed by atoms with Crippen molar-refractivity contribution in [3.63, 3.8) is 0 Å². The monoisotopic (exact) mass is 196 g/mol. The molecule has 1 aromatic rings. The topological polar surface area (TPSA) is 44.8 Å². The second-order valence-electron chi connectivity index (χ2n) is 2.49. The molecule has 0 aliphatic heterocycles. The minimum Gasteiger partial charge on any atom is -0.497 e. The Morgan fingerprint density at radius 1 is 1.21 bits per heavy atom. The number of carbonyl (C=O) groups is 1. The van der Waals surface area contributed by atoms with Gasteiger partial charge in [0.05, 0.1) is 14.2 Å². The lowest BCUT2D eigenvalue weighted by Crippen LogP contribution is -1.99. The smallest absolute Gasteiger partial charge is 0.164 e. The molecule has 0 aliphatic rings. The molecule has 14 heavy (non-hydrogen) atoms. The molecule has 0 aliphatic carbocycles. The van der Waals surface area contributed by atoms with Gasteiger partial charge in [0.2, 0.25) is 0 Å². The normalized spacial score (nSPS) is 9.29. The standard InChI is InChI=1S/C10H12O4/c1-12-8-3-4-9(14-6-5-11)10(7-8)13-2/h3-5,7H,6H2,1-2H3. The Labute approximate surface area is 82.4 Å². The molecule has 1 aromatic carbocycles. The van der Waals surface area contributed by atoms with Crippen molar-refractivity contribution in [1.82, 2.24) is 0 Å². The summed E-state index contributed by atoms with van der Waals surface area (Å²) in [5, 5.41) is 0. The van der Waals surface area contributed by atoms with Crippen LogP contribution in [0.25, 0.3) is 0 Å². The number of benzene rings is 1. The summed E-state index contributed by atoms with van der Waals surface area (Å²) >= 11 is 0. The molecule has 0 aromatic heterocycles. The van der Waals surface area contributed by atoms with Crippen LogP contribution >= 0.6 is 0 Å². The molecular weight excluding hydrogens is 184 g/mol. The van der Waals surface area contributed by atoms with Gasteiger partial charge in [0.15, 0.2) is 17.8 Å². The van der Waals surface area contributed by atoms with Crippen molar-refractivity contribution in [3.05, 3.63) is 18.2 Å². The highest BCUT2D eigenvalue weighted by Crippen LogP contribution is 2.30. The van der Waals surface area contributed by atoms with Crippen LogP contribution in [0.3, 0.4) is 0 Å². The van der Waals surface area contributed by atoms with Crippen molar-refractivity contribution in [2.75, 3.05) is 20.8 Å². The van der Waals surface area contributed by atoms with E-state index in [4.69, 9.17) is 14.2 Å². The first-order valence-electron chi connectivity index (χ1n) is 4.10. The maximum atomic E-state index is 10.1. The number of rotatable bonds is 5. The van der Waals surface area contributed by atoms with Crippen molar-refractivity contribution < 1.29 is 19.0 Å². The van der Waals surface area contributed by atoms with E-state index in [0.717, 1.165) is 0 Å². The van der Waals surface area contributed by atoms with Gasteiger partial charge in [-0.1, -0.05) is 0 Å². The Balaban J connectivity index is 2.87. The van der Waals surface area contributed by atoms with E-state index in [1.165, 1.54) is 7.11 Å². The quantitative estimate of drug-likeness (QED) is 0.665. The minimum absolute atomic E-state index is 0.0166. The largest absolute Gasteiger partial charge is 0.497 e. The Hall–Kier alpha value is -1.71. The number of aldehydes is 1. The molecule has 0 N–H and O–H groups in total. The summed E-state index contributed by atoms with van der Waals surface area (Å²) in [7, 11) is 3.10. The van der Waals surface area contributed by atoms with E-state index < -0.39 is 0 Å². The molecule has 0 saturated heterocycles. The molecular formula is C10H12O4. The van der Waals surface area contributed by atoms with E-state index in [-0.39, 0.29) is 6.61 Å². The van der Waals surface area contributed by atoms with Crippen molar-refractivity contribution >= 4 is 6.29 Å². The maximum absolute atomic E-state index is 10.1. The third kappa shape index (κ3) is 2.39. The Kier molecular flexibility index (Phi) is 3.79. The Morgan fingerprint density at radius 2 is 2.00 bits per heavy atom. The zero-order valence-corrected chi connectivity index (χ0v) is 8.15. The van der Waals surface area contributed by atoms with E-state index >= 15 is 0 Å². The van der Waals surface area contributed by atoms with Gasteiger partial charge in [-0.2, -0.15) is 0 Å². The lowest BCUT2D eigenvalue weighted by molar-refractivity contribution is -0.109.